The SMILES string of the molecule is COc1cnc(OC[C@@H]2Cc3ccccc3CN2C(=O)c2ccc(Cl)c(Cl)c2)nc1. The van der Waals surface area contributed by atoms with Gasteiger partial charge in [-0.2, -0.15) is 9.97 Å². The van der Waals surface area contributed by atoms with E-state index in [9.17, 15) is 4.79 Å². The molecule has 0 fully saturated rings. The molecule has 0 N–H and O–H groups in total. The van der Waals surface area contributed by atoms with Crippen LogP contribution < -0.4 is 9.47 Å². The fourth-order valence-electron chi connectivity index (χ4n) is 3.42. The highest BCUT2D eigenvalue weighted by molar-refractivity contribution is 6.42. The molecule has 8 heteroatoms. The average Bonchev–Trinajstić information content (AvgIpc) is 2.78. The van der Waals surface area contributed by atoms with E-state index in [0.29, 0.717) is 34.3 Å². The molecule has 3 aromatic rings. The van der Waals surface area contributed by atoms with Crippen LogP contribution in [0, 0.1) is 0 Å². The Labute approximate surface area is 184 Å². The van der Waals surface area contributed by atoms with Crippen molar-refractivity contribution in [2.24, 2.45) is 0 Å². The topological polar surface area (TPSA) is 64.6 Å². The first-order valence-corrected chi connectivity index (χ1v) is 10.1. The normalized spacial score (nSPS) is 15.4. The lowest BCUT2D eigenvalue weighted by Crippen LogP contribution is -2.47. The number of rotatable bonds is 5. The second-order valence-electron chi connectivity index (χ2n) is 6.91. The number of carbonyl (C=O) groups is 1. The minimum absolute atomic E-state index is 0.132. The van der Waals surface area contributed by atoms with Crippen LogP contribution in [-0.2, 0) is 13.0 Å². The molecule has 4 rings (SSSR count). The Hall–Kier alpha value is -2.83. The minimum Gasteiger partial charge on any atom is -0.494 e. The lowest BCUT2D eigenvalue weighted by molar-refractivity contribution is 0.0558. The number of fused-ring (bicyclic) bond motifs is 1. The highest BCUT2D eigenvalue weighted by atomic mass is 35.5. The third-order valence-corrected chi connectivity index (χ3v) is 5.77. The van der Waals surface area contributed by atoms with Gasteiger partial charge in [0, 0.05) is 12.1 Å². The molecule has 1 amide bonds. The molecule has 0 aliphatic carbocycles. The van der Waals surface area contributed by atoms with Gasteiger partial charge < -0.3 is 14.4 Å². The molecule has 0 radical (unpaired) electrons. The fourth-order valence-corrected chi connectivity index (χ4v) is 3.72. The Kier molecular flexibility index (Phi) is 6.06. The summed E-state index contributed by atoms with van der Waals surface area (Å²) in [5, 5.41) is 0.758. The first kappa shape index (κ1) is 20.4. The van der Waals surface area contributed by atoms with Gasteiger partial charge in [0.1, 0.15) is 6.61 Å². The van der Waals surface area contributed by atoms with E-state index < -0.39 is 0 Å². The van der Waals surface area contributed by atoms with Crippen LogP contribution in [0.5, 0.6) is 11.8 Å². The monoisotopic (exact) mass is 443 g/mol. The lowest BCUT2D eigenvalue weighted by Gasteiger charge is -2.36. The number of benzene rings is 2. The summed E-state index contributed by atoms with van der Waals surface area (Å²) in [7, 11) is 1.55. The quantitative estimate of drug-likeness (QED) is 0.583. The molecule has 30 heavy (non-hydrogen) atoms. The molecule has 1 aromatic heterocycles. The highest BCUT2D eigenvalue weighted by Gasteiger charge is 2.31. The number of halogens is 2. The van der Waals surface area contributed by atoms with E-state index in [0.717, 1.165) is 5.56 Å². The van der Waals surface area contributed by atoms with Crippen LogP contribution >= 0.6 is 23.2 Å². The van der Waals surface area contributed by atoms with Crippen molar-refractivity contribution in [3.8, 4) is 11.8 Å². The van der Waals surface area contributed by atoms with Crippen molar-refractivity contribution < 1.29 is 14.3 Å². The number of ether oxygens (including phenoxy) is 2. The first-order valence-electron chi connectivity index (χ1n) is 9.37. The molecule has 1 aliphatic heterocycles. The molecule has 0 spiro atoms. The fraction of sp³-hybridized carbons (Fsp3) is 0.227. The Morgan fingerprint density at radius 1 is 1.10 bits per heavy atom. The van der Waals surface area contributed by atoms with Crippen molar-refractivity contribution in [2.75, 3.05) is 13.7 Å². The predicted molar refractivity (Wildman–Crippen MR) is 114 cm³/mol. The van der Waals surface area contributed by atoms with Gasteiger partial charge in [0.05, 0.1) is 35.6 Å². The zero-order valence-corrected chi connectivity index (χ0v) is 17.7. The average molecular weight is 444 g/mol. The molecule has 0 saturated heterocycles. The summed E-state index contributed by atoms with van der Waals surface area (Å²) in [5.41, 5.74) is 2.79. The summed E-state index contributed by atoms with van der Waals surface area (Å²) in [6, 6.07) is 13.0. The third kappa shape index (κ3) is 4.35. The summed E-state index contributed by atoms with van der Waals surface area (Å²) in [6.45, 7) is 0.737. The maximum Gasteiger partial charge on any atom is 0.316 e. The van der Waals surface area contributed by atoms with Gasteiger partial charge in [0.2, 0.25) is 0 Å². The molecular weight excluding hydrogens is 425 g/mol. The van der Waals surface area contributed by atoms with Crippen LogP contribution in [0.1, 0.15) is 21.5 Å². The van der Waals surface area contributed by atoms with Gasteiger partial charge >= 0.3 is 6.01 Å². The summed E-state index contributed by atoms with van der Waals surface area (Å²) in [5.74, 6) is 0.415. The van der Waals surface area contributed by atoms with Gasteiger partial charge in [-0.1, -0.05) is 47.5 Å². The van der Waals surface area contributed by atoms with Gasteiger partial charge in [0.25, 0.3) is 5.91 Å². The molecule has 0 unspecified atom stereocenters. The van der Waals surface area contributed by atoms with Gasteiger partial charge in [-0.05, 0) is 35.7 Å². The zero-order valence-electron chi connectivity index (χ0n) is 16.2. The molecule has 6 nitrogen and oxygen atoms in total. The van der Waals surface area contributed by atoms with Crippen molar-refractivity contribution in [2.45, 2.75) is 19.0 Å². The van der Waals surface area contributed by atoms with Crippen LogP contribution in [0.15, 0.2) is 54.9 Å². The molecule has 1 atom stereocenters. The van der Waals surface area contributed by atoms with Crippen molar-refractivity contribution in [1.82, 2.24) is 14.9 Å². The first-order chi connectivity index (χ1) is 14.5. The Bertz CT molecular complexity index is 1060. The second kappa shape index (κ2) is 8.90. The maximum absolute atomic E-state index is 13.3. The van der Waals surface area contributed by atoms with Crippen molar-refractivity contribution in [3.63, 3.8) is 0 Å². The third-order valence-electron chi connectivity index (χ3n) is 5.03. The maximum atomic E-state index is 13.3. The molecule has 2 heterocycles. The van der Waals surface area contributed by atoms with Crippen LogP contribution in [-0.4, -0.2) is 40.5 Å². The van der Waals surface area contributed by atoms with E-state index in [4.69, 9.17) is 32.7 Å². The van der Waals surface area contributed by atoms with E-state index >= 15 is 0 Å². The van der Waals surface area contributed by atoms with Gasteiger partial charge in [-0.25, -0.2) is 0 Å². The lowest BCUT2D eigenvalue weighted by atomic mass is 9.93. The van der Waals surface area contributed by atoms with Gasteiger partial charge in [-0.15, -0.1) is 0 Å². The predicted octanol–water partition coefficient (Wildman–Crippen LogP) is 4.44. The van der Waals surface area contributed by atoms with Crippen LogP contribution in [0.3, 0.4) is 0 Å². The Morgan fingerprint density at radius 3 is 2.53 bits per heavy atom. The summed E-state index contributed by atoms with van der Waals surface area (Å²) >= 11 is 12.1. The summed E-state index contributed by atoms with van der Waals surface area (Å²) < 4.78 is 10.9. The van der Waals surface area contributed by atoms with Gasteiger partial charge in [0.15, 0.2) is 5.75 Å². The second-order valence-corrected chi connectivity index (χ2v) is 7.72. The number of hydrogen-bond donors (Lipinski definition) is 0. The number of methoxy groups -OCH3 is 1. The molecule has 0 bridgehead atoms. The number of amides is 1. The number of carbonyl (C=O) groups excluding carboxylic acids is 1. The molecule has 2 aromatic carbocycles. The smallest absolute Gasteiger partial charge is 0.316 e. The molecule has 1 aliphatic rings. The largest absolute Gasteiger partial charge is 0.494 e. The van der Waals surface area contributed by atoms with Gasteiger partial charge in [-0.3, -0.25) is 4.79 Å². The summed E-state index contributed by atoms with van der Waals surface area (Å²) in [6.07, 6.45) is 3.74. The standard InChI is InChI=1S/C22H19Cl2N3O3/c1-29-18-10-25-22(26-11-18)30-13-17-8-14-4-2-3-5-16(14)12-27(17)21(28)15-6-7-19(23)20(24)9-15/h2-7,9-11,17H,8,12-13H2,1H3/t17-/m0/s1. The van der Waals surface area contributed by atoms with E-state index in [-0.39, 0.29) is 24.6 Å². The van der Waals surface area contributed by atoms with Crippen LogP contribution in [0.2, 0.25) is 10.0 Å². The molecule has 0 saturated carbocycles. The van der Waals surface area contributed by atoms with Crippen molar-refractivity contribution >= 4 is 29.1 Å². The van der Waals surface area contributed by atoms with Crippen molar-refractivity contribution in [3.05, 3.63) is 81.6 Å². The zero-order chi connectivity index (χ0) is 21.1. The Balaban J connectivity index is 1.57. The van der Waals surface area contributed by atoms with E-state index in [1.54, 1.807) is 30.2 Å². The Morgan fingerprint density at radius 2 is 1.83 bits per heavy atom. The van der Waals surface area contributed by atoms with E-state index in [2.05, 4.69) is 16.0 Å². The summed E-state index contributed by atoms with van der Waals surface area (Å²) in [4.78, 5) is 23.4. The number of hydrogen-bond acceptors (Lipinski definition) is 5. The molecule has 154 valence electrons. The highest BCUT2D eigenvalue weighted by Crippen LogP contribution is 2.28. The minimum atomic E-state index is -0.187. The van der Waals surface area contributed by atoms with E-state index in [1.807, 2.05) is 18.2 Å². The van der Waals surface area contributed by atoms with E-state index in [1.165, 1.54) is 18.0 Å². The number of nitrogens with zero attached hydrogens (tertiary/aromatic N) is 3. The number of aromatic nitrogens is 2. The van der Waals surface area contributed by atoms with Crippen LogP contribution in [0.25, 0.3) is 0 Å². The molecular formula is C22H19Cl2N3O3. The van der Waals surface area contributed by atoms with Crippen molar-refractivity contribution in [1.29, 1.82) is 0 Å². The van der Waals surface area contributed by atoms with Crippen LogP contribution in [0.4, 0.5) is 0 Å².